The van der Waals surface area contributed by atoms with Crippen LogP contribution in [0.25, 0.3) is 0 Å². The number of carbonyl (C=O) groups excluding carboxylic acids is 1. The summed E-state index contributed by atoms with van der Waals surface area (Å²) in [5.41, 5.74) is 0.317. The van der Waals surface area contributed by atoms with Gasteiger partial charge in [-0.15, -0.1) is 11.8 Å². The van der Waals surface area contributed by atoms with Crippen molar-refractivity contribution in [1.82, 2.24) is 5.32 Å². The van der Waals surface area contributed by atoms with E-state index in [9.17, 15) is 9.59 Å². The van der Waals surface area contributed by atoms with Gasteiger partial charge in [0.25, 0.3) is 5.91 Å². The number of carboxylic acid groups (broad SMARTS) is 1. The third-order valence-electron chi connectivity index (χ3n) is 2.45. The Morgan fingerprint density at radius 2 is 2.10 bits per heavy atom. The van der Waals surface area contributed by atoms with Gasteiger partial charge in [-0.05, 0) is 12.1 Å². The lowest BCUT2D eigenvalue weighted by Gasteiger charge is -2.14. The highest BCUT2D eigenvalue weighted by Crippen LogP contribution is 2.22. The summed E-state index contributed by atoms with van der Waals surface area (Å²) in [6.45, 7) is -0.331. The molecule has 0 saturated heterocycles. The molecular formula is C13H14N2O4S. The zero-order chi connectivity index (χ0) is 15.0. The first-order valence-electron chi connectivity index (χ1n) is 5.83. The molecule has 106 valence electrons. The number of rotatable bonds is 7. The number of nitrogens with zero attached hydrogens (tertiary/aromatic N) is 1. The van der Waals surface area contributed by atoms with Crippen LogP contribution in [0.15, 0.2) is 29.2 Å². The zero-order valence-corrected chi connectivity index (χ0v) is 11.4. The lowest BCUT2D eigenvalue weighted by molar-refractivity contribution is -0.139. The van der Waals surface area contributed by atoms with Gasteiger partial charge in [0.2, 0.25) is 0 Å². The molecule has 0 radical (unpaired) electrons. The zero-order valence-electron chi connectivity index (χ0n) is 10.6. The number of aliphatic carboxylic acids is 1. The number of amides is 1. The quantitative estimate of drug-likeness (QED) is 0.643. The van der Waals surface area contributed by atoms with E-state index < -0.39 is 17.9 Å². The van der Waals surface area contributed by atoms with Crippen LogP contribution in [0, 0.1) is 11.3 Å². The maximum absolute atomic E-state index is 12.1. The van der Waals surface area contributed by atoms with Gasteiger partial charge in [-0.3, -0.25) is 4.79 Å². The van der Waals surface area contributed by atoms with E-state index in [4.69, 9.17) is 15.5 Å². The van der Waals surface area contributed by atoms with E-state index in [0.29, 0.717) is 10.5 Å². The molecule has 0 bridgehead atoms. The first-order chi connectivity index (χ1) is 9.60. The minimum atomic E-state index is -1.20. The molecule has 0 unspecified atom stereocenters. The maximum atomic E-state index is 12.1. The summed E-state index contributed by atoms with van der Waals surface area (Å²) in [7, 11) is 0. The number of nitriles is 1. The predicted octanol–water partition coefficient (Wildman–Crippen LogP) is 0.868. The minimum absolute atomic E-state index is 0.0609. The fourth-order valence-corrected chi connectivity index (χ4v) is 2.22. The second kappa shape index (κ2) is 8.19. The lowest BCUT2D eigenvalue weighted by Crippen LogP contribution is -2.41. The van der Waals surface area contributed by atoms with Gasteiger partial charge >= 0.3 is 5.97 Å². The van der Waals surface area contributed by atoms with E-state index in [1.54, 1.807) is 24.3 Å². The van der Waals surface area contributed by atoms with Crippen LogP contribution in [-0.4, -0.2) is 40.5 Å². The molecule has 3 N–H and O–H groups in total. The first-order valence-corrected chi connectivity index (χ1v) is 6.82. The van der Waals surface area contributed by atoms with Crippen LogP contribution in [0.4, 0.5) is 0 Å². The summed E-state index contributed by atoms with van der Waals surface area (Å²) in [6, 6.07) is 7.48. The second-order valence-corrected chi connectivity index (χ2v) is 4.84. The SMILES string of the molecule is N#CCSc1ccccc1C(=O)N[C@@H](CCO)C(=O)O. The van der Waals surface area contributed by atoms with Crippen molar-refractivity contribution in [2.75, 3.05) is 12.4 Å². The van der Waals surface area contributed by atoms with Crippen LogP contribution in [0.3, 0.4) is 0 Å². The molecule has 7 heteroatoms. The molecule has 1 amide bonds. The molecule has 0 aliphatic heterocycles. The van der Waals surface area contributed by atoms with Gasteiger partial charge in [0, 0.05) is 17.9 Å². The molecule has 1 aromatic rings. The average Bonchev–Trinajstić information content (AvgIpc) is 2.44. The van der Waals surface area contributed by atoms with E-state index in [2.05, 4.69) is 5.32 Å². The average molecular weight is 294 g/mol. The summed E-state index contributed by atoms with van der Waals surface area (Å²) in [6.07, 6.45) is -0.0609. The smallest absolute Gasteiger partial charge is 0.326 e. The van der Waals surface area contributed by atoms with Gasteiger partial charge in [0.05, 0.1) is 17.4 Å². The van der Waals surface area contributed by atoms with Crippen molar-refractivity contribution >= 4 is 23.6 Å². The third-order valence-corrected chi connectivity index (χ3v) is 3.39. The second-order valence-electron chi connectivity index (χ2n) is 3.82. The highest BCUT2D eigenvalue weighted by atomic mass is 32.2. The highest BCUT2D eigenvalue weighted by molar-refractivity contribution is 7.99. The van der Waals surface area contributed by atoms with Gasteiger partial charge in [-0.2, -0.15) is 5.26 Å². The van der Waals surface area contributed by atoms with Crippen molar-refractivity contribution in [1.29, 1.82) is 5.26 Å². The number of benzene rings is 1. The number of hydrogen-bond acceptors (Lipinski definition) is 5. The molecule has 0 saturated carbocycles. The van der Waals surface area contributed by atoms with Crippen molar-refractivity contribution < 1.29 is 19.8 Å². The molecule has 1 atom stereocenters. The Balaban J connectivity index is 2.86. The summed E-state index contributed by atoms with van der Waals surface area (Å²) in [5.74, 6) is -1.54. The van der Waals surface area contributed by atoms with Gasteiger partial charge < -0.3 is 15.5 Å². The molecule has 6 nitrogen and oxygen atoms in total. The Labute approximate surface area is 120 Å². The van der Waals surface area contributed by atoms with E-state index in [1.165, 1.54) is 11.8 Å². The van der Waals surface area contributed by atoms with Crippen molar-refractivity contribution in [3.63, 3.8) is 0 Å². The Hall–Kier alpha value is -2.04. The highest BCUT2D eigenvalue weighted by Gasteiger charge is 2.21. The van der Waals surface area contributed by atoms with Crippen molar-refractivity contribution in [3.05, 3.63) is 29.8 Å². The molecular weight excluding hydrogens is 280 g/mol. The Kier molecular flexibility index (Phi) is 6.56. The molecule has 0 aliphatic rings. The Bertz CT molecular complexity index is 527. The minimum Gasteiger partial charge on any atom is -0.480 e. The Morgan fingerprint density at radius 1 is 1.40 bits per heavy atom. The summed E-state index contributed by atoms with van der Waals surface area (Å²) in [5, 5.41) is 28.6. The first kappa shape index (κ1) is 16.0. The van der Waals surface area contributed by atoms with Crippen LogP contribution >= 0.6 is 11.8 Å². The Morgan fingerprint density at radius 3 is 2.70 bits per heavy atom. The summed E-state index contributed by atoms with van der Waals surface area (Å²) >= 11 is 1.21. The number of nitrogens with one attached hydrogen (secondary N) is 1. The molecule has 0 spiro atoms. The summed E-state index contributed by atoms with van der Waals surface area (Å²) < 4.78 is 0. The molecule has 0 aliphatic carbocycles. The number of thioether (sulfide) groups is 1. The fourth-order valence-electron chi connectivity index (χ4n) is 1.51. The normalized spacial score (nSPS) is 11.4. The van der Waals surface area contributed by atoms with E-state index in [-0.39, 0.29) is 18.8 Å². The molecule has 1 aromatic carbocycles. The molecule has 0 aromatic heterocycles. The number of aliphatic hydroxyl groups is 1. The molecule has 20 heavy (non-hydrogen) atoms. The number of hydrogen-bond donors (Lipinski definition) is 3. The van der Waals surface area contributed by atoms with Gasteiger partial charge in [0.1, 0.15) is 6.04 Å². The van der Waals surface area contributed by atoms with Crippen molar-refractivity contribution in [3.8, 4) is 6.07 Å². The molecule has 0 fully saturated rings. The van der Waals surface area contributed by atoms with E-state index in [0.717, 1.165) is 0 Å². The van der Waals surface area contributed by atoms with Crippen LogP contribution in [0.1, 0.15) is 16.8 Å². The molecule has 1 rings (SSSR count). The largest absolute Gasteiger partial charge is 0.480 e. The van der Waals surface area contributed by atoms with E-state index in [1.807, 2.05) is 6.07 Å². The van der Waals surface area contributed by atoms with E-state index >= 15 is 0 Å². The topological polar surface area (TPSA) is 110 Å². The standard InChI is InChI=1S/C13H14N2O4S/c14-6-8-20-11-4-2-1-3-9(11)12(17)15-10(5-7-16)13(18)19/h1-4,10,16H,5,7-8H2,(H,15,17)(H,18,19)/t10-/m0/s1. The summed E-state index contributed by atoms with van der Waals surface area (Å²) in [4.78, 5) is 23.6. The third kappa shape index (κ3) is 4.57. The van der Waals surface area contributed by atoms with Crippen LogP contribution in [0.2, 0.25) is 0 Å². The number of carboxylic acids is 1. The maximum Gasteiger partial charge on any atom is 0.326 e. The fraction of sp³-hybridized carbons (Fsp3) is 0.308. The van der Waals surface area contributed by atoms with Crippen LogP contribution < -0.4 is 5.32 Å². The van der Waals surface area contributed by atoms with Gasteiger partial charge in [0.15, 0.2) is 0 Å². The van der Waals surface area contributed by atoms with Gasteiger partial charge in [-0.25, -0.2) is 4.79 Å². The van der Waals surface area contributed by atoms with Crippen molar-refractivity contribution in [2.24, 2.45) is 0 Å². The van der Waals surface area contributed by atoms with Gasteiger partial charge in [-0.1, -0.05) is 12.1 Å². The lowest BCUT2D eigenvalue weighted by atomic mass is 10.1. The number of aliphatic hydroxyl groups excluding tert-OH is 1. The van der Waals surface area contributed by atoms with Crippen molar-refractivity contribution in [2.45, 2.75) is 17.4 Å². The monoisotopic (exact) mass is 294 g/mol. The number of carbonyl (C=O) groups is 2. The van der Waals surface area contributed by atoms with Crippen LogP contribution in [0.5, 0.6) is 0 Å². The molecule has 0 heterocycles. The predicted molar refractivity (Wildman–Crippen MR) is 73.4 cm³/mol. The van der Waals surface area contributed by atoms with Crippen LogP contribution in [-0.2, 0) is 4.79 Å².